The lowest BCUT2D eigenvalue weighted by atomic mass is 9.84. The zero-order chi connectivity index (χ0) is 14.7. The third-order valence-electron chi connectivity index (χ3n) is 4.82. The minimum atomic E-state index is 0. The second kappa shape index (κ2) is 10.1. The fourth-order valence-corrected chi connectivity index (χ4v) is 4.06. The van der Waals surface area contributed by atoms with Crippen LogP contribution in [-0.2, 0) is 4.74 Å². The molecule has 1 aromatic rings. The Balaban J connectivity index is 0.00000132. The van der Waals surface area contributed by atoms with Gasteiger partial charge in [0.25, 0.3) is 0 Å². The summed E-state index contributed by atoms with van der Waals surface area (Å²) in [6.45, 7) is 8.31. The zero-order valence-electron chi connectivity index (χ0n) is 13.6. The number of hydrogen-bond donors (Lipinski definition) is 1. The van der Waals surface area contributed by atoms with Crippen molar-refractivity contribution in [1.29, 1.82) is 0 Å². The molecule has 0 bridgehead atoms. The molecular weight excluding hydrogens is 355 g/mol. The molecule has 0 spiro atoms. The summed E-state index contributed by atoms with van der Waals surface area (Å²) in [5, 5.41) is 4.38. The Morgan fingerprint density at radius 2 is 1.83 bits per heavy atom. The molecule has 132 valence electrons. The number of aryl methyl sites for hydroxylation is 1. The number of ether oxygens (including phenoxy) is 1. The van der Waals surface area contributed by atoms with Gasteiger partial charge < -0.3 is 10.1 Å². The number of hydrogen-bond acceptors (Lipinski definition) is 3. The van der Waals surface area contributed by atoms with Gasteiger partial charge >= 0.3 is 0 Å². The minimum Gasteiger partial charge on any atom is -0.381 e. The van der Waals surface area contributed by atoms with Gasteiger partial charge in [0.15, 0.2) is 0 Å². The van der Waals surface area contributed by atoms with E-state index < -0.39 is 0 Å². The maximum atomic E-state index is 6.59. The van der Waals surface area contributed by atoms with Crippen molar-refractivity contribution >= 4 is 36.4 Å². The molecule has 2 aliphatic rings. The first kappa shape index (κ1) is 21.0. The van der Waals surface area contributed by atoms with Gasteiger partial charge in [0.05, 0.1) is 0 Å². The van der Waals surface area contributed by atoms with Gasteiger partial charge in [-0.15, -0.1) is 24.8 Å². The Morgan fingerprint density at radius 3 is 2.43 bits per heavy atom. The number of rotatable bonds is 3. The number of piperazine rings is 1. The van der Waals surface area contributed by atoms with Crippen LogP contribution in [0.1, 0.15) is 30.0 Å². The maximum Gasteiger partial charge on any atom is 0.0469 e. The highest BCUT2D eigenvalue weighted by Gasteiger charge is 2.33. The highest BCUT2D eigenvalue weighted by molar-refractivity contribution is 6.31. The molecule has 0 aromatic heterocycles. The summed E-state index contributed by atoms with van der Waals surface area (Å²) >= 11 is 6.59. The van der Waals surface area contributed by atoms with Gasteiger partial charge in [-0.05, 0) is 42.9 Å². The summed E-state index contributed by atoms with van der Waals surface area (Å²) in [6.07, 6.45) is 2.28. The molecule has 1 atom stereocenters. The Bertz CT molecular complexity index is 437. The quantitative estimate of drug-likeness (QED) is 0.860. The number of halogens is 3. The predicted molar refractivity (Wildman–Crippen MR) is 101 cm³/mol. The smallest absolute Gasteiger partial charge is 0.0469 e. The highest BCUT2D eigenvalue weighted by atomic mass is 35.5. The molecule has 2 heterocycles. The molecule has 6 heteroatoms. The molecular formula is C17H27Cl3N2O. The van der Waals surface area contributed by atoms with E-state index in [4.69, 9.17) is 16.3 Å². The molecule has 0 unspecified atom stereocenters. The van der Waals surface area contributed by atoms with Crippen molar-refractivity contribution in [2.75, 3.05) is 39.4 Å². The molecule has 0 radical (unpaired) electrons. The molecule has 0 saturated carbocycles. The zero-order valence-corrected chi connectivity index (χ0v) is 16.0. The van der Waals surface area contributed by atoms with Crippen LogP contribution >= 0.6 is 36.4 Å². The summed E-state index contributed by atoms with van der Waals surface area (Å²) in [6, 6.07) is 6.72. The lowest BCUT2D eigenvalue weighted by Gasteiger charge is -2.42. The minimum absolute atomic E-state index is 0. The summed E-state index contributed by atoms with van der Waals surface area (Å²) < 4.78 is 5.57. The van der Waals surface area contributed by atoms with Gasteiger partial charge in [-0.3, -0.25) is 4.90 Å². The van der Waals surface area contributed by atoms with Crippen molar-refractivity contribution in [2.24, 2.45) is 5.92 Å². The van der Waals surface area contributed by atoms with Gasteiger partial charge in [-0.25, -0.2) is 0 Å². The number of nitrogens with zero attached hydrogens (tertiary/aromatic N) is 1. The lowest BCUT2D eigenvalue weighted by Crippen LogP contribution is -2.47. The van der Waals surface area contributed by atoms with Crippen LogP contribution in [0.2, 0.25) is 5.02 Å². The molecule has 3 rings (SSSR count). The SMILES string of the molecule is Cc1cccc(Cl)c1[C@H](C1CCOCC1)N1CCNCC1.Cl.Cl. The van der Waals surface area contributed by atoms with Crippen LogP contribution in [0.15, 0.2) is 18.2 Å². The summed E-state index contributed by atoms with van der Waals surface area (Å²) in [4.78, 5) is 2.63. The van der Waals surface area contributed by atoms with E-state index in [-0.39, 0.29) is 24.8 Å². The van der Waals surface area contributed by atoms with Crippen LogP contribution in [0.5, 0.6) is 0 Å². The molecule has 0 amide bonds. The largest absolute Gasteiger partial charge is 0.381 e. The van der Waals surface area contributed by atoms with Gasteiger partial charge in [-0.2, -0.15) is 0 Å². The number of nitrogens with one attached hydrogen (secondary N) is 1. The second-order valence-electron chi connectivity index (χ2n) is 6.15. The van der Waals surface area contributed by atoms with E-state index in [1.54, 1.807) is 0 Å². The molecule has 1 aromatic carbocycles. The van der Waals surface area contributed by atoms with Gasteiger partial charge in [-0.1, -0.05) is 23.7 Å². The Kier molecular flexibility index (Phi) is 9.20. The van der Waals surface area contributed by atoms with Crippen molar-refractivity contribution in [3.63, 3.8) is 0 Å². The molecule has 3 nitrogen and oxygen atoms in total. The first-order valence-corrected chi connectivity index (χ1v) is 8.42. The average Bonchev–Trinajstić information content (AvgIpc) is 2.53. The Morgan fingerprint density at radius 1 is 1.17 bits per heavy atom. The van der Waals surface area contributed by atoms with Crippen LogP contribution in [0, 0.1) is 12.8 Å². The number of benzene rings is 1. The summed E-state index contributed by atoms with van der Waals surface area (Å²) in [5.41, 5.74) is 2.66. The van der Waals surface area contributed by atoms with Gasteiger partial charge in [0.1, 0.15) is 0 Å². The van der Waals surface area contributed by atoms with E-state index in [9.17, 15) is 0 Å². The summed E-state index contributed by atoms with van der Waals surface area (Å²) in [5.74, 6) is 0.649. The maximum absolute atomic E-state index is 6.59. The molecule has 23 heavy (non-hydrogen) atoms. The van der Waals surface area contributed by atoms with Crippen molar-refractivity contribution in [1.82, 2.24) is 10.2 Å². The first-order valence-electron chi connectivity index (χ1n) is 8.05. The van der Waals surface area contributed by atoms with Crippen LogP contribution in [-0.4, -0.2) is 44.3 Å². The average molecular weight is 382 g/mol. The van der Waals surface area contributed by atoms with Crippen molar-refractivity contribution in [3.05, 3.63) is 34.3 Å². The monoisotopic (exact) mass is 380 g/mol. The fourth-order valence-electron chi connectivity index (χ4n) is 3.73. The third-order valence-corrected chi connectivity index (χ3v) is 5.15. The van der Waals surface area contributed by atoms with E-state index in [1.165, 1.54) is 11.1 Å². The first-order chi connectivity index (χ1) is 10.3. The van der Waals surface area contributed by atoms with E-state index >= 15 is 0 Å². The van der Waals surface area contributed by atoms with Crippen LogP contribution in [0.3, 0.4) is 0 Å². The Labute approximate surface area is 156 Å². The fraction of sp³-hybridized carbons (Fsp3) is 0.647. The normalized spacial score (nSPS) is 21.1. The van der Waals surface area contributed by atoms with Gasteiger partial charge in [0.2, 0.25) is 0 Å². The molecule has 0 aliphatic carbocycles. The van der Waals surface area contributed by atoms with Crippen LogP contribution in [0.4, 0.5) is 0 Å². The molecule has 2 saturated heterocycles. The van der Waals surface area contributed by atoms with E-state index in [1.807, 2.05) is 6.07 Å². The van der Waals surface area contributed by atoms with Gasteiger partial charge in [0, 0.05) is 50.5 Å². The molecule has 2 fully saturated rings. The molecule has 1 N–H and O–H groups in total. The second-order valence-corrected chi connectivity index (χ2v) is 6.56. The van der Waals surface area contributed by atoms with Crippen molar-refractivity contribution in [3.8, 4) is 0 Å². The van der Waals surface area contributed by atoms with Crippen molar-refractivity contribution < 1.29 is 4.74 Å². The molecule has 2 aliphatic heterocycles. The standard InChI is InChI=1S/C17H25ClN2O.2ClH/c1-13-3-2-4-15(18)16(13)17(14-5-11-21-12-6-14)20-9-7-19-8-10-20;;/h2-4,14,17,19H,5-12H2,1H3;2*1H/t17-;;/m0../s1. The van der Waals surface area contributed by atoms with Crippen molar-refractivity contribution in [2.45, 2.75) is 25.8 Å². The lowest BCUT2D eigenvalue weighted by molar-refractivity contribution is 0.0211. The summed E-state index contributed by atoms with van der Waals surface area (Å²) in [7, 11) is 0. The predicted octanol–water partition coefficient (Wildman–Crippen LogP) is 3.86. The van der Waals surface area contributed by atoms with E-state index in [2.05, 4.69) is 29.3 Å². The Hall–Kier alpha value is -0.0300. The highest BCUT2D eigenvalue weighted by Crippen LogP contribution is 2.39. The van der Waals surface area contributed by atoms with E-state index in [0.717, 1.165) is 57.3 Å². The van der Waals surface area contributed by atoms with Crippen LogP contribution < -0.4 is 5.32 Å². The third kappa shape index (κ3) is 4.97. The topological polar surface area (TPSA) is 24.5 Å². The van der Waals surface area contributed by atoms with Crippen LogP contribution in [0.25, 0.3) is 0 Å². The van der Waals surface area contributed by atoms with E-state index in [0.29, 0.717) is 12.0 Å².